The summed E-state index contributed by atoms with van der Waals surface area (Å²) in [5.74, 6) is 0.463. The molecule has 1 N–H and O–H groups in total. The number of hydrogen-bond donors (Lipinski definition) is 1. The zero-order valence-electron chi connectivity index (χ0n) is 9.63. The van der Waals surface area contributed by atoms with E-state index in [4.69, 9.17) is 4.74 Å². The van der Waals surface area contributed by atoms with Crippen molar-refractivity contribution in [2.75, 3.05) is 25.6 Å². The second kappa shape index (κ2) is 6.48. The van der Waals surface area contributed by atoms with Crippen LogP contribution in [0.5, 0.6) is 0 Å². The van der Waals surface area contributed by atoms with E-state index < -0.39 is 12.6 Å². The van der Waals surface area contributed by atoms with Crippen LogP contribution in [0.25, 0.3) is 0 Å². The maximum absolute atomic E-state index is 12.1. The maximum atomic E-state index is 12.1. The van der Waals surface area contributed by atoms with Crippen molar-refractivity contribution in [3.63, 3.8) is 0 Å². The summed E-state index contributed by atoms with van der Waals surface area (Å²) in [6.45, 7) is 1.11. The maximum Gasteiger partial charge on any atom is 0.390 e. The average molecular weight is 251 g/mol. The summed E-state index contributed by atoms with van der Waals surface area (Å²) in [6.07, 6.45) is -1.20. The highest BCUT2D eigenvalue weighted by Crippen LogP contribution is 2.21. The molecule has 0 aliphatic carbocycles. The van der Waals surface area contributed by atoms with Gasteiger partial charge in [-0.2, -0.15) is 13.2 Å². The highest BCUT2D eigenvalue weighted by Gasteiger charge is 2.26. The summed E-state index contributed by atoms with van der Waals surface area (Å²) in [7, 11) is 1.60. The number of hydrogen-bond acceptors (Lipinski definition) is 3. The Morgan fingerprint density at radius 1 is 1.47 bits per heavy atom. The van der Waals surface area contributed by atoms with Crippen LogP contribution >= 0.6 is 0 Å². The van der Waals surface area contributed by atoms with Gasteiger partial charge in [-0.25, -0.2) is 4.98 Å². The monoisotopic (exact) mass is 251 g/mol. The third kappa shape index (κ3) is 5.58. The van der Waals surface area contributed by atoms with E-state index in [-0.39, 0.29) is 6.54 Å². The first-order chi connectivity index (χ1) is 8.03. The van der Waals surface area contributed by atoms with E-state index in [0.29, 0.717) is 19.1 Å². The molecule has 0 unspecified atom stereocenters. The van der Waals surface area contributed by atoms with Gasteiger partial charge >= 0.3 is 6.18 Å². The fourth-order valence-electron chi connectivity index (χ4n) is 1.32. The Bertz CT molecular complexity index is 325. The number of aryl methyl sites for hydroxylation is 1. The summed E-state index contributed by atoms with van der Waals surface area (Å²) in [5, 5.41) is 2.97. The number of methoxy groups -OCH3 is 1. The molecule has 0 atom stereocenters. The van der Waals surface area contributed by atoms with Crippen molar-refractivity contribution in [3.8, 4) is 0 Å². The van der Waals surface area contributed by atoms with Crippen LogP contribution in [0.3, 0.4) is 0 Å². The molecule has 0 bridgehead atoms. The van der Waals surface area contributed by atoms with E-state index in [0.717, 1.165) is 6.42 Å². The van der Waals surface area contributed by atoms with Crippen molar-refractivity contribution in [1.82, 2.24) is 9.55 Å². The van der Waals surface area contributed by atoms with Crippen LogP contribution in [0.1, 0.15) is 12.8 Å². The average Bonchev–Trinajstić information content (AvgIpc) is 2.68. The smallest absolute Gasteiger partial charge is 0.385 e. The van der Waals surface area contributed by atoms with Crippen LogP contribution in [-0.4, -0.2) is 36.0 Å². The van der Waals surface area contributed by atoms with Crippen molar-refractivity contribution in [1.29, 1.82) is 0 Å². The van der Waals surface area contributed by atoms with Gasteiger partial charge in [0.05, 0.1) is 6.42 Å². The van der Waals surface area contributed by atoms with Crippen molar-refractivity contribution in [2.24, 2.45) is 0 Å². The van der Waals surface area contributed by atoms with Crippen LogP contribution in [0.2, 0.25) is 0 Å². The van der Waals surface area contributed by atoms with E-state index in [9.17, 15) is 13.2 Å². The molecular weight excluding hydrogens is 235 g/mol. The first-order valence-corrected chi connectivity index (χ1v) is 5.33. The molecular formula is C10H16F3N3O. The number of aromatic nitrogens is 2. The molecule has 1 aromatic rings. The summed E-state index contributed by atoms with van der Waals surface area (Å²) >= 11 is 0. The van der Waals surface area contributed by atoms with Gasteiger partial charge in [-0.3, -0.25) is 0 Å². The molecule has 0 aromatic carbocycles. The van der Waals surface area contributed by atoms with Crippen LogP contribution < -0.4 is 5.32 Å². The fraction of sp³-hybridized carbons (Fsp3) is 0.700. The van der Waals surface area contributed by atoms with Gasteiger partial charge in [0.2, 0.25) is 5.95 Å². The molecule has 0 radical (unpaired) electrons. The minimum absolute atomic E-state index is 0.115. The topological polar surface area (TPSA) is 39.1 Å². The third-order valence-corrected chi connectivity index (χ3v) is 2.16. The number of nitrogens with one attached hydrogen (secondary N) is 1. The minimum atomic E-state index is -4.14. The van der Waals surface area contributed by atoms with Gasteiger partial charge in [-0.05, 0) is 6.42 Å². The lowest BCUT2D eigenvalue weighted by Gasteiger charge is -2.11. The normalized spacial score (nSPS) is 11.8. The van der Waals surface area contributed by atoms with Gasteiger partial charge in [0.1, 0.15) is 0 Å². The quantitative estimate of drug-likeness (QED) is 0.756. The van der Waals surface area contributed by atoms with E-state index in [1.54, 1.807) is 7.11 Å². The van der Waals surface area contributed by atoms with Crippen LogP contribution in [0.4, 0.5) is 19.1 Å². The van der Waals surface area contributed by atoms with E-state index >= 15 is 0 Å². The van der Waals surface area contributed by atoms with Crippen molar-refractivity contribution >= 4 is 5.95 Å². The largest absolute Gasteiger partial charge is 0.390 e. The molecule has 1 heterocycles. The van der Waals surface area contributed by atoms with E-state index in [1.165, 1.54) is 17.0 Å². The second-order valence-corrected chi connectivity index (χ2v) is 3.58. The number of imidazole rings is 1. The molecule has 98 valence electrons. The van der Waals surface area contributed by atoms with Crippen LogP contribution in [0, 0.1) is 0 Å². The Labute approximate surface area is 97.8 Å². The van der Waals surface area contributed by atoms with E-state index in [2.05, 4.69) is 10.3 Å². The van der Waals surface area contributed by atoms with Gasteiger partial charge < -0.3 is 14.6 Å². The van der Waals surface area contributed by atoms with E-state index in [1.807, 2.05) is 0 Å². The fourth-order valence-corrected chi connectivity index (χ4v) is 1.32. The van der Waals surface area contributed by atoms with Gasteiger partial charge in [0, 0.05) is 39.2 Å². The molecule has 0 aliphatic rings. The number of alkyl halides is 3. The molecule has 0 saturated heterocycles. The predicted octanol–water partition coefficient (Wildman–Crippen LogP) is 2.28. The third-order valence-electron chi connectivity index (χ3n) is 2.16. The molecule has 0 aliphatic heterocycles. The standard InChI is InChI=1S/C10H16F3N3O/c1-17-8-2-4-14-9-15-5-7-16(9)6-3-10(11,12)13/h5,7H,2-4,6,8H2,1H3,(H,14,15). The van der Waals surface area contributed by atoms with Gasteiger partial charge in [0.25, 0.3) is 0 Å². The Balaban J connectivity index is 2.37. The number of ether oxygens (including phenoxy) is 1. The highest BCUT2D eigenvalue weighted by molar-refractivity contribution is 5.25. The Kier molecular flexibility index (Phi) is 5.27. The second-order valence-electron chi connectivity index (χ2n) is 3.58. The predicted molar refractivity (Wildman–Crippen MR) is 57.9 cm³/mol. The minimum Gasteiger partial charge on any atom is -0.385 e. The Morgan fingerprint density at radius 2 is 2.24 bits per heavy atom. The first-order valence-electron chi connectivity index (χ1n) is 5.33. The molecule has 4 nitrogen and oxygen atoms in total. The number of halogens is 3. The van der Waals surface area contributed by atoms with Crippen LogP contribution in [0.15, 0.2) is 12.4 Å². The first kappa shape index (κ1) is 13.8. The molecule has 1 aromatic heterocycles. The lowest BCUT2D eigenvalue weighted by molar-refractivity contribution is -0.136. The molecule has 0 amide bonds. The summed E-state index contributed by atoms with van der Waals surface area (Å²) in [4.78, 5) is 3.96. The van der Waals surface area contributed by atoms with Crippen molar-refractivity contribution < 1.29 is 17.9 Å². The molecule has 7 heteroatoms. The molecule has 17 heavy (non-hydrogen) atoms. The zero-order chi connectivity index (χ0) is 12.7. The number of nitrogens with zero attached hydrogens (tertiary/aromatic N) is 2. The van der Waals surface area contributed by atoms with Crippen molar-refractivity contribution in [3.05, 3.63) is 12.4 Å². The summed E-state index contributed by atoms with van der Waals surface area (Å²) < 4.78 is 42.5. The summed E-state index contributed by atoms with van der Waals surface area (Å²) in [5.41, 5.74) is 0. The number of rotatable bonds is 7. The Hall–Kier alpha value is -1.24. The zero-order valence-corrected chi connectivity index (χ0v) is 9.63. The molecule has 0 fully saturated rings. The van der Waals surface area contributed by atoms with Gasteiger partial charge in [-0.1, -0.05) is 0 Å². The van der Waals surface area contributed by atoms with Crippen molar-refractivity contribution in [2.45, 2.75) is 25.6 Å². The van der Waals surface area contributed by atoms with Gasteiger partial charge in [0.15, 0.2) is 0 Å². The molecule has 0 saturated carbocycles. The SMILES string of the molecule is COCCCNc1nccn1CCC(F)(F)F. The van der Waals surface area contributed by atoms with Crippen LogP contribution in [-0.2, 0) is 11.3 Å². The highest BCUT2D eigenvalue weighted by atomic mass is 19.4. The summed E-state index contributed by atoms with van der Waals surface area (Å²) in [6, 6.07) is 0. The Morgan fingerprint density at radius 3 is 2.88 bits per heavy atom. The molecule has 1 rings (SSSR count). The molecule has 0 spiro atoms. The lowest BCUT2D eigenvalue weighted by atomic mass is 10.4. The van der Waals surface area contributed by atoms with Gasteiger partial charge in [-0.15, -0.1) is 0 Å². The lowest BCUT2D eigenvalue weighted by Crippen LogP contribution is -2.15. The number of anilines is 1.